The van der Waals surface area contributed by atoms with Gasteiger partial charge in [0.1, 0.15) is 0 Å². The van der Waals surface area contributed by atoms with E-state index in [-0.39, 0.29) is 5.92 Å². The number of nitrogens with zero attached hydrogens (tertiary/aromatic N) is 7. The molecule has 0 aliphatic heterocycles. The van der Waals surface area contributed by atoms with Crippen molar-refractivity contribution in [2.45, 2.75) is 5.92 Å². The smallest absolute Gasteiger partial charge is 0.187 e. The Labute approximate surface area is 849 Å². The minimum atomic E-state index is -0.139. The van der Waals surface area contributed by atoms with Crippen LogP contribution in [0.2, 0.25) is 0 Å². The number of nitriles is 3. The summed E-state index contributed by atoms with van der Waals surface area (Å²) in [6, 6.07) is 199. The van der Waals surface area contributed by atoms with Gasteiger partial charge in [-0.1, -0.05) is 394 Å². The van der Waals surface area contributed by atoms with Crippen LogP contribution in [-0.4, -0.2) is 0 Å². The molecule has 25 aromatic carbocycles. The van der Waals surface area contributed by atoms with Crippen LogP contribution in [0, 0.1) is 40.6 Å². The van der Waals surface area contributed by atoms with Crippen molar-refractivity contribution in [1.82, 2.24) is 0 Å². The predicted octanol–water partition coefficient (Wildman–Crippen LogP) is 38.0. The van der Waals surface area contributed by atoms with Crippen LogP contribution in [0.25, 0.3) is 158 Å². The third-order valence-electron chi connectivity index (χ3n) is 28.0. The van der Waals surface area contributed by atoms with Crippen LogP contribution in [0.3, 0.4) is 0 Å². The largest absolute Gasteiger partial charge is 0.311 e. The quantitative estimate of drug-likeness (QED) is 0.0347. The first kappa shape index (κ1) is 89.8. The minimum Gasteiger partial charge on any atom is -0.311 e. The molecule has 0 bridgehead atoms. The SMILES string of the molecule is [C-]#[N+]c1ccc(C(c2ccc(C#N)cc2)c2ccc3ccc4c(N(c5ccc(C#N)cc5)c5ccc(C#N)cc5)ccc5ccc2c3c54)cc1.c1ccc(-c2ccc(N(c3ccc(-c4ccccc4)cc3)c3ccc(-c4ccc(N(c5ccc(-c6ccccc6)cc5)c5ccc(-c6ccccc6)cc5)cc4)cc3)cc2)cc1.c1ccc2cc(-c3c4ccccc4c(-c4ccc5ccccc5c4)c4ccccc34)ccc2c1. The molecule has 0 spiro atoms. The van der Waals surface area contributed by atoms with E-state index in [4.69, 9.17) is 6.57 Å². The summed E-state index contributed by atoms with van der Waals surface area (Å²) in [5, 5.41) is 45.5. The van der Waals surface area contributed by atoms with Crippen LogP contribution >= 0.6 is 0 Å². The second-order valence-electron chi connectivity index (χ2n) is 36.6. The van der Waals surface area contributed by atoms with Crippen molar-refractivity contribution in [3.63, 3.8) is 0 Å². The van der Waals surface area contributed by atoms with Crippen LogP contribution in [0.1, 0.15) is 39.3 Å². The molecule has 7 nitrogen and oxygen atoms in total. The zero-order chi connectivity index (χ0) is 98.2. The van der Waals surface area contributed by atoms with Gasteiger partial charge in [-0.15, -0.1) is 0 Å². The summed E-state index contributed by atoms with van der Waals surface area (Å²) in [6.45, 7) is 7.48. The molecule has 0 saturated carbocycles. The third kappa shape index (κ3) is 18.1. The number of fused-ring (bicyclic) bond motifs is 4. The lowest BCUT2D eigenvalue weighted by atomic mass is 9.80. The lowest BCUT2D eigenvalue weighted by Crippen LogP contribution is -2.11. The number of rotatable bonds is 19. The van der Waals surface area contributed by atoms with Gasteiger partial charge in [0, 0.05) is 56.8 Å². The average Bonchev–Trinajstić information content (AvgIpc) is 0.715. The molecule has 0 fully saturated rings. The Morgan fingerprint density at radius 2 is 0.438 bits per heavy atom. The van der Waals surface area contributed by atoms with Gasteiger partial charge in [0.25, 0.3) is 0 Å². The highest BCUT2D eigenvalue weighted by Crippen LogP contribution is 2.51. The standard InChI is InChI=1S/C60H44N2.C45H25N5.C34H22/c1-5-13-45(14-6-1)49-21-33-55(34-22-49)61(56-35-23-50(24-36-56)46-15-7-2-8-16-46)59-41-29-53(30-42-59)54-31-43-60(44-32-54)62(57-37-25-51(26-38-57)47-17-9-3-10-18-47)58-39-27-52(28-40-58)48-19-11-4-12-20-48;1-49-36-16-10-33(11-17-36)43(32-8-2-29(26-46)3-9-32)39-22-12-34-14-24-41-42(25-15-35-13-23-40(39)44(34)45(35)41)50(37-18-4-30(27-47)5-19-37)38-20-6-31(28-48)7-21-38;1-3-11-25-21-27(19-17-23(25)9-1)33-29-13-5-7-15-31(29)34(32-16-8-6-14-30(32)33)28-20-18-24-10-2-4-12-26(24)22-28/h1-44H;2-25,43H;1-22H. The first-order valence-corrected chi connectivity index (χ1v) is 49.0. The topological polar surface area (TPSA) is 85.4 Å². The monoisotopic (exact) mass is 1860 g/mol. The van der Waals surface area contributed by atoms with E-state index in [1.54, 1.807) is 0 Å². The fraction of sp³-hybridized carbons (Fsp3) is 0.00719. The molecule has 0 N–H and O–H groups in total. The zero-order valence-electron chi connectivity index (χ0n) is 79.7. The highest BCUT2D eigenvalue weighted by molar-refractivity contribution is 6.27. The Morgan fingerprint density at radius 3 is 0.767 bits per heavy atom. The summed E-state index contributed by atoms with van der Waals surface area (Å²) in [4.78, 5) is 10.5. The van der Waals surface area contributed by atoms with Gasteiger partial charge in [-0.3, -0.25) is 0 Å². The van der Waals surface area contributed by atoms with E-state index in [1.807, 2.05) is 97.1 Å². The van der Waals surface area contributed by atoms with E-state index in [1.165, 1.54) is 110 Å². The van der Waals surface area contributed by atoms with Crippen molar-refractivity contribution < 1.29 is 0 Å². The Bertz CT molecular complexity index is 8360. The van der Waals surface area contributed by atoms with Crippen LogP contribution in [-0.2, 0) is 0 Å². The molecule has 1 unspecified atom stereocenters. The number of benzene rings is 25. The molecule has 0 saturated heterocycles. The molecule has 0 aliphatic rings. The maximum Gasteiger partial charge on any atom is 0.187 e. The van der Waals surface area contributed by atoms with Crippen molar-refractivity contribution in [3.8, 4) is 96.1 Å². The second kappa shape index (κ2) is 40.4. The predicted molar refractivity (Wildman–Crippen MR) is 609 cm³/mol. The molecule has 1 atom stereocenters. The zero-order valence-corrected chi connectivity index (χ0v) is 79.7. The summed E-state index contributed by atoms with van der Waals surface area (Å²) in [5.74, 6) is -0.139. The maximum atomic E-state index is 9.50. The highest BCUT2D eigenvalue weighted by Gasteiger charge is 2.27. The summed E-state index contributed by atoms with van der Waals surface area (Å²) < 4.78 is 0. The Kier molecular flexibility index (Phi) is 24.9. The molecule has 682 valence electrons. The molecule has 25 rings (SSSR count). The van der Waals surface area contributed by atoms with Crippen molar-refractivity contribution in [2.24, 2.45) is 0 Å². The molecule has 25 aromatic rings. The van der Waals surface area contributed by atoms with Gasteiger partial charge in [-0.2, -0.15) is 15.8 Å². The van der Waals surface area contributed by atoms with E-state index >= 15 is 0 Å². The van der Waals surface area contributed by atoms with E-state index in [9.17, 15) is 15.8 Å². The van der Waals surface area contributed by atoms with Crippen molar-refractivity contribution in [1.29, 1.82) is 15.8 Å². The summed E-state index contributed by atoms with van der Waals surface area (Å²) in [5.41, 5.74) is 32.0. The van der Waals surface area contributed by atoms with Crippen LogP contribution in [0.5, 0.6) is 0 Å². The lowest BCUT2D eigenvalue weighted by Gasteiger charge is -2.28. The summed E-state index contributed by atoms with van der Waals surface area (Å²) >= 11 is 0. The van der Waals surface area contributed by atoms with E-state index in [0.717, 1.165) is 111 Å². The van der Waals surface area contributed by atoms with Gasteiger partial charge < -0.3 is 14.7 Å². The second-order valence-corrected chi connectivity index (χ2v) is 36.6. The summed E-state index contributed by atoms with van der Waals surface area (Å²) in [7, 11) is 0. The van der Waals surface area contributed by atoms with E-state index < -0.39 is 0 Å². The van der Waals surface area contributed by atoms with Gasteiger partial charge >= 0.3 is 0 Å². The van der Waals surface area contributed by atoms with Crippen molar-refractivity contribution in [3.05, 3.63) is 591 Å². The Morgan fingerprint density at radius 1 is 0.192 bits per heavy atom. The van der Waals surface area contributed by atoms with Gasteiger partial charge in [-0.05, 0) is 316 Å². The molecule has 7 heteroatoms. The van der Waals surface area contributed by atoms with Crippen molar-refractivity contribution >= 4 is 132 Å². The van der Waals surface area contributed by atoms with E-state index in [0.29, 0.717) is 22.4 Å². The molecule has 0 aromatic heterocycles. The van der Waals surface area contributed by atoms with Gasteiger partial charge in [0.05, 0.1) is 47.2 Å². The molecule has 0 aliphatic carbocycles. The Hall–Kier alpha value is -20.1. The van der Waals surface area contributed by atoms with Crippen LogP contribution < -0.4 is 14.7 Å². The molecule has 0 heterocycles. The molecule has 146 heavy (non-hydrogen) atoms. The third-order valence-corrected chi connectivity index (χ3v) is 28.0. The fourth-order valence-electron chi connectivity index (χ4n) is 20.8. The Balaban J connectivity index is 0.000000126. The molecular formula is C139H91N7. The maximum absolute atomic E-state index is 9.50. The first-order chi connectivity index (χ1) is 72.2. The highest BCUT2D eigenvalue weighted by atomic mass is 15.2. The van der Waals surface area contributed by atoms with Gasteiger partial charge in [0.15, 0.2) is 5.69 Å². The van der Waals surface area contributed by atoms with Gasteiger partial charge in [0.2, 0.25) is 0 Å². The first-order valence-electron chi connectivity index (χ1n) is 49.0. The number of anilines is 9. The molecule has 0 radical (unpaired) electrons. The minimum absolute atomic E-state index is 0.139. The normalized spacial score (nSPS) is 11.2. The van der Waals surface area contributed by atoms with E-state index in [2.05, 4.69) is 487 Å². The number of hydrogen-bond acceptors (Lipinski definition) is 6. The van der Waals surface area contributed by atoms with Crippen molar-refractivity contribution in [2.75, 3.05) is 14.7 Å². The lowest BCUT2D eigenvalue weighted by molar-refractivity contribution is 0.990. The van der Waals surface area contributed by atoms with Gasteiger partial charge in [-0.25, -0.2) is 4.85 Å². The molecular weight excluding hydrogens is 1770 g/mol. The summed E-state index contributed by atoms with van der Waals surface area (Å²) in [6.07, 6.45) is 0. The number of hydrogen-bond donors (Lipinski definition) is 0. The molecule has 0 amide bonds. The average molecular weight is 1860 g/mol. The fourth-order valence-corrected chi connectivity index (χ4v) is 20.8. The van der Waals surface area contributed by atoms with Crippen LogP contribution in [0.15, 0.2) is 546 Å². The van der Waals surface area contributed by atoms with Crippen LogP contribution in [0.4, 0.5) is 56.9 Å².